The van der Waals surface area contributed by atoms with Crippen molar-refractivity contribution in [3.05, 3.63) is 52.3 Å². The minimum atomic E-state index is -0.352. The number of benzene rings is 2. The van der Waals surface area contributed by atoms with Gasteiger partial charge in [-0.1, -0.05) is 6.07 Å². The van der Waals surface area contributed by atoms with Crippen molar-refractivity contribution >= 4 is 27.5 Å². The lowest BCUT2D eigenvalue weighted by atomic mass is 10.1. The number of nitriles is 1. The number of amides is 1. The van der Waals surface area contributed by atoms with Crippen LogP contribution in [0.5, 0.6) is 11.5 Å². The molecule has 0 aliphatic heterocycles. The SMILES string of the molecule is CCOc1cc(C#N)cc(Br)c1OCC(=O)Nc1cc(-c2nnco2)ccc1C. The number of ether oxygens (including phenoxy) is 2. The van der Waals surface area contributed by atoms with Crippen molar-refractivity contribution in [1.82, 2.24) is 10.2 Å². The van der Waals surface area contributed by atoms with Crippen molar-refractivity contribution in [3.8, 4) is 29.0 Å². The zero-order chi connectivity index (χ0) is 20.8. The number of rotatable bonds is 7. The molecule has 0 spiro atoms. The van der Waals surface area contributed by atoms with Crippen molar-refractivity contribution in [2.45, 2.75) is 13.8 Å². The van der Waals surface area contributed by atoms with Crippen LogP contribution in [0.15, 0.2) is 45.6 Å². The van der Waals surface area contributed by atoms with Crippen molar-refractivity contribution in [2.24, 2.45) is 0 Å². The first-order valence-corrected chi connectivity index (χ1v) is 9.47. The van der Waals surface area contributed by atoms with E-state index in [2.05, 4.69) is 37.5 Å². The van der Waals surface area contributed by atoms with Gasteiger partial charge in [0.05, 0.1) is 22.7 Å². The molecule has 0 bridgehead atoms. The second-order valence-corrected chi connectivity index (χ2v) is 6.79. The van der Waals surface area contributed by atoms with E-state index in [0.717, 1.165) is 5.56 Å². The minimum Gasteiger partial charge on any atom is -0.490 e. The van der Waals surface area contributed by atoms with Gasteiger partial charge in [0.1, 0.15) is 0 Å². The van der Waals surface area contributed by atoms with E-state index < -0.39 is 0 Å². The summed E-state index contributed by atoms with van der Waals surface area (Å²) in [5.41, 5.74) is 2.60. The number of halogens is 1. The van der Waals surface area contributed by atoms with E-state index in [1.54, 1.807) is 18.2 Å². The standard InChI is InChI=1S/C20H17BrN4O4/c1-3-27-17-7-13(9-22)6-15(21)19(17)28-10-18(26)24-16-8-14(5-4-12(16)2)20-25-23-11-29-20/h4-8,11H,3,10H2,1-2H3,(H,24,26). The number of hydrogen-bond donors (Lipinski definition) is 1. The Hall–Kier alpha value is -3.38. The Morgan fingerprint density at radius 3 is 2.83 bits per heavy atom. The molecule has 1 amide bonds. The van der Waals surface area contributed by atoms with Gasteiger partial charge in [0.15, 0.2) is 18.1 Å². The monoisotopic (exact) mass is 456 g/mol. The highest BCUT2D eigenvalue weighted by Crippen LogP contribution is 2.36. The van der Waals surface area contributed by atoms with E-state index in [1.807, 2.05) is 26.0 Å². The first-order valence-electron chi connectivity index (χ1n) is 8.68. The summed E-state index contributed by atoms with van der Waals surface area (Å²) >= 11 is 3.36. The van der Waals surface area contributed by atoms with Crippen LogP contribution in [0.1, 0.15) is 18.1 Å². The Morgan fingerprint density at radius 2 is 2.14 bits per heavy atom. The van der Waals surface area contributed by atoms with Crippen molar-refractivity contribution in [1.29, 1.82) is 5.26 Å². The molecule has 0 aliphatic carbocycles. The minimum absolute atomic E-state index is 0.241. The third-order valence-corrected chi connectivity index (χ3v) is 4.49. The van der Waals surface area contributed by atoms with Gasteiger partial charge in [-0.05, 0) is 53.5 Å². The van der Waals surface area contributed by atoms with Gasteiger partial charge in [0.2, 0.25) is 12.3 Å². The van der Waals surface area contributed by atoms with Gasteiger partial charge in [-0.2, -0.15) is 5.26 Å². The third kappa shape index (κ3) is 4.92. The van der Waals surface area contributed by atoms with Gasteiger partial charge in [-0.25, -0.2) is 0 Å². The second-order valence-electron chi connectivity index (χ2n) is 5.94. The van der Waals surface area contributed by atoms with E-state index in [-0.39, 0.29) is 12.5 Å². The van der Waals surface area contributed by atoms with Gasteiger partial charge < -0.3 is 19.2 Å². The van der Waals surface area contributed by atoms with Crippen LogP contribution in [0.2, 0.25) is 0 Å². The van der Waals surface area contributed by atoms with Gasteiger partial charge in [0, 0.05) is 17.3 Å². The Morgan fingerprint density at radius 1 is 1.31 bits per heavy atom. The van der Waals surface area contributed by atoms with Crippen molar-refractivity contribution in [3.63, 3.8) is 0 Å². The highest BCUT2D eigenvalue weighted by Gasteiger charge is 2.15. The summed E-state index contributed by atoms with van der Waals surface area (Å²) in [4.78, 5) is 12.4. The molecular formula is C20H17BrN4O4. The van der Waals surface area contributed by atoms with Gasteiger partial charge in [-0.15, -0.1) is 10.2 Å². The Bertz CT molecular complexity index is 1060. The molecule has 1 heterocycles. The fourth-order valence-electron chi connectivity index (χ4n) is 2.55. The molecule has 1 N–H and O–H groups in total. The van der Waals surface area contributed by atoms with Crippen LogP contribution < -0.4 is 14.8 Å². The number of carbonyl (C=O) groups excluding carboxylic acids is 1. The highest BCUT2D eigenvalue weighted by atomic mass is 79.9. The van der Waals surface area contributed by atoms with Gasteiger partial charge in [0.25, 0.3) is 5.91 Å². The number of hydrogen-bond acceptors (Lipinski definition) is 7. The number of carbonyl (C=O) groups is 1. The number of anilines is 1. The fraction of sp³-hybridized carbons (Fsp3) is 0.200. The topological polar surface area (TPSA) is 110 Å². The molecule has 148 valence electrons. The molecule has 8 nitrogen and oxygen atoms in total. The molecule has 2 aromatic carbocycles. The van der Waals surface area contributed by atoms with E-state index in [0.29, 0.717) is 45.3 Å². The molecule has 0 saturated carbocycles. The molecule has 0 fully saturated rings. The maximum absolute atomic E-state index is 12.4. The Balaban J connectivity index is 1.73. The lowest BCUT2D eigenvalue weighted by molar-refractivity contribution is -0.118. The second kappa shape index (κ2) is 9.21. The number of nitrogens with one attached hydrogen (secondary N) is 1. The molecule has 0 aliphatic rings. The number of nitrogens with zero attached hydrogens (tertiary/aromatic N) is 3. The van der Waals surface area contributed by atoms with Crippen LogP contribution in [0.25, 0.3) is 11.5 Å². The van der Waals surface area contributed by atoms with E-state index in [4.69, 9.17) is 19.2 Å². The zero-order valence-electron chi connectivity index (χ0n) is 15.7. The Kier molecular flexibility index (Phi) is 6.46. The molecule has 0 unspecified atom stereocenters. The number of aryl methyl sites for hydroxylation is 1. The summed E-state index contributed by atoms with van der Waals surface area (Å²) in [5, 5.41) is 19.4. The molecule has 1 aromatic heterocycles. The lowest BCUT2D eigenvalue weighted by Crippen LogP contribution is -2.21. The smallest absolute Gasteiger partial charge is 0.262 e. The van der Waals surface area contributed by atoms with Crippen LogP contribution >= 0.6 is 15.9 Å². The normalized spacial score (nSPS) is 10.3. The summed E-state index contributed by atoms with van der Waals surface area (Å²) in [6.07, 6.45) is 1.24. The fourth-order valence-corrected chi connectivity index (χ4v) is 3.10. The maximum Gasteiger partial charge on any atom is 0.262 e. The molecule has 3 rings (SSSR count). The van der Waals surface area contributed by atoms with E-state index in [9.17, 15) is 4.79 Å². The average Bonchev–Trinajstić information content (AvgIpc) is 3.24. The lowest BCUT2D eigenvalue weighted by Gasteiger charge is -2.14. The van der Waals surface area contributed by atoms with Crippen LogP contribution in [0, 0.1) is 18.3 Å². The molecule has 9 heteroatoms. The largest absolute Gasteiger partial charge is 0.490 e. The quantitative estimate of drug-likeness (QED) is 0.569. The summed E-state index contributed by atoms with van der Waals surface area (Å²) in [5.74, 6) is 0.757. The zero-order valence-corrected chi connectivity index (χ0v) is 17.3. The predicted molar refractivity (Wildman–Crippen MR) is 109 cm³/mol. The molecular weight excluding hydrogens is 440 g/mol. The average molecular weight is 457 g/mol. The predicted octanol–water partition coefficient (Wildman–Crippen LogP) is 4.10. The summed E-state index contributed by atoms with van der Waals surface area (Å²) in [6.45, 7) is 3.85. The van der Waals surface area contributed by atoms with Gasteiger partial charge >= 0.3 is 0 Å². The first kappa shape index (κ1) is 20.4. The van der Waals surface area contributed by atoms with Crippen molar-refractivity contribution < 1.29 is 18.7 Å². The molecule has 3 aromatic rings. The number of aromatic nitrogens is 2. The Labute approximate surface area is 175 Å². The van der Waals surface area contributed by atoms with Crippen LogP contribution in [0.4, 0.5) is 5.69 Å². The first-order chi connectivity index (χ1) is 14.0. The van der Waals surface area contributed by atoms with Crippen molar-refractivity contribution in [2.75, 3.05) is 18.5 Å². The molecule has 0 atom stereocenters. The maximum atomic E-state index is 12.4. The van der Waals surface area contributed by atoms with Crippen LogP contribution in [-0.4, -0.2) is 29.3 Å². The molecule has 0 saturated heterocycles. The van der Waals surface area contributed by atoms with Gasteiger partial charge in [-0.3, -0.25) is 4.79 Å². The highest BCUT2D eigenvalue weighted by molar-refractivity contribution is 9.10. The van der Waals surface area contributed by atoms with Crippen LogP contribution in [0.3, 0.4) is 0 Å². The summed E-state index contributed by atoms with van der Waals surface area (Å²) in [6, 6.07) is 10.7. The van der Waals surface area contributed by atoms with Crippen LogP contribution in [-0.2, 0) is 4.79 Å². The summed E-state index contributed by atoms with van der Waals surface area (Å²) in [7, 11) is 0. The molecule has 0 radical (unpaired) electrons. The summed E-state index contributed by atoms with van der Waals surface area (Å²) < 4.78 is 16.9. The third-order valence-electron chi connectivity index (χ3n) is 3.90. The molecule has 29 heavy (non-hydrogen) atoms. The van der Waals surface area contributed by atoms with E-state index in [1.165, 1.54) is 6.39 Å². The van der Waals surface area contributed by atoms with E-state index >= 15 is 0 Å².